The van der Waals surface area contributed by atoms with E-state index in [4.69, 9.17) is 0 Å². The van der Waals surface area contributed by atoms with Crippen molar-refractivity contribution in [3.05, 3.63) is 88.9 Å². The Balaban J connectivity index is 1.31. The molecule has 0 bridgehead atoms. The van der Waals surface area contributed by atoms with Crippen molar-refractivity contribution in [3.8, 4) is 0 Å². The highest BCUT2D eigenvalue weighted by Gasteiger charge is 2.30. The first kappa shape index (κ1) is 23.8. The van der Waals surface area contributed by atoms with Crippen LogP contribution in [0.3, 0.4) is 0 Å². The van der Waals surface area contributed by atoms with Gasteiger partial charge in [0.05, 0.1) is 19.2 Å². The van der Waals surface area contributed by atoms with Gasteiger partial charge in [0.2, 0.25) is 5.91 Å². The van der Waals surface area contributed by atoms with Crippen LogP contribution in [0.25, 0.3) is 10.9 Å². The second kappa shape index (κ2) is 10.4. The van der Waals surface area contributed by atoms with Crippen molar-refractivity contribution in [2.45, 2.75) is 45.3 Å². The van der Waals surface area contributed by atoms with E-state index in [2.05, 4.69) is 21.5 Å². The Morgan fingerprint density at radius 1 is 1.14 bits per heavy atom. The molecule has 1 aliphatic heterocycles. The van der Waals surface area contributed by atoms with Gasteiger partial charge in [0.15, 0.2) is 5.69 Å². The molecule has 36 heavy (non-hydrogen) atoms. The number of aryl methyl sites for hydroxylation is 1. The summed E-state index contributed by atoms with van der Waals surface area (Å²) in [7, 11) is 0. The van der Waals surface area contributed by atoms with Gasteiger partial charge >= 0.3 is 0 Å². The predicted octanol–water partition coefficient (Wildman–Crippen LogP) is 3.37. The number of aliphatic hydroxyl groups excluding tert-OH is 1. The third-order valence-corrected chi connectivity index (χ3v) is 6.94. The maximum atomic E-state index is 13.2. The topological polar surface area (TPSA) is 103 Å². The SMILES string of the molecule is C[C@H](NC(=O)c1nn(CCO)c2c1CN(C(=O)CCc1c[nH]c3ccccc13)CC2)c1ccccc1. The Labute approximate surface area is 209 Å². The number of carbonyl (C=O) groups is 2. The van der Waals surface area contributed by atoms with Crippen LogP contribution in [0.4, 0.5) is 0 Å². The average molecular weight is 486 g/mol. The number of hydrogen-bond donors (Lipinski definition) is 3. The van der Waals surface area contributed by atoms with Gasteiger partial charge in [-0.1, -0.05) is 48.5 Å². The molecule has 2 aromatic heterocycles. The standard InChI is InChI=1S/C28H31N5O3/c1-19(20-7-3-2-4-8-20)30-28(36)27-23-18-32(14-13-25(23)33(31-27)15-16-34)26(35)12-11-21-17-29-24-10-6-5-9-22(21)24/h2-10,17,19,29,34H,11-16,18H2,1H3,(H,30,36)/t19-/m0/s1. The van der Waals surface area contributed by atoms with E-state index in [0.29, 0.717) is 44.6 Å². The molecule has 1 aliphatic rings. The quantitative estimate of drug-likeness (QED) is 0.356. The molecule has 0 aliphatic carbocycles. The van der Waals surface area contributed by atoms with Gasteiger partial charge in [0, 0.05) is 54.3 Å². The minimum absolute atomic E-state index is 0.0600. The Bertz CT molecular complexity index is 1370. The number of carbonyl (C=O) groups excluding carboxylic acids is 2. The number of para-hydroxylation sites is 1. The molecular formula is C28H31N5O3. The number of benzene rings is 2. The summed E-state index contributed by atoms with van der Waals surface area (Å²) in [5.41, 5.74) is 5.22. The number of nitrogens with zero attached hydrogens (tertiary/aromatic N) is 3. The first-order valence-corrected chi connectivity index (χ1v) is 12.4. The average Bonchev–Trinajstić information content (AvgIpc) is 3.49. The number of hydrogen-bond acceptors (Lipinski definition) is 4. The number of amides is 2. The lowest BCUT2D eigenvalue weighted by Gasteiger charge is -2.28. The van der Waals surface area contributed by atoms with Crippen molar-refractivity contribution in [2.24, 2.45) is 0 Å². The smallest absolute Gasteiger partial charge is 0.272 e. The molecule has 1 atom stereocenters. The molecule has 5 rings (SSSR count). The normalized spacial score (nSPS) is 14.0. The van der Waals surface area contributed by atoms with Gasteiger partial charge in [-0.15, -0.1) is 0 Å². The van der Waals surface area contributed by atoms with E-state index in [-0.39, 0.29) is 24.5 Å². The number of fused-ring (bicyclic) bond motifs is 2. The molecule has 3 heterocycles. The van der Waals surface area contributed by atoms with Crippen LogP contribution in [0.5, 0.6) is 0 Å². The number of aliphatic hydroxyl groups is 1. The Hall–Kier alpha value is -3.91. The zero-order valence-corrected chi connectivity index (χ0v) is 20.4. The van der Waals surface area contributed by atoms with Crippen molar-refractivity contribution in [2.75, 3.05) is 13.2 Å². The van der Waals surface area contributed by atoms with Crippen molar-refractivity contribution in [3.63, 3.8) is 0 Å². The summed E-state index contributed by atoms with van der Waals surface area (Å²) in [6.45, 7) is 3.10. The molecular weight excluding hydrogens is 454 g/mol. The molecule has 0 unspecified atom stereocenters. The van der Waals surface area contributed by atoms with Gasteiger partial charge in [-0.3, -0.25) is 14.3 Å². The van der Waals surface area contributed by atoms with E-state index in [1.165, 1.54) is 0 Å². The van der Waals surface area contributed by atoms with Crippen LogP contribution in [0.1, 0.15) is 52.3 Å². The molecule has 8 nitrogen and oxygen atoms in total. The van der Waals surface area contributed by atoms with Gasteiger partial charge in [0.1, 0.15) is 0 Å². The lowest BCUT2D eigenvalue weighted by Crippen LogP contribution is -2.37. The maximum absolute atomic E-state index is 13.2. The Morgan fingerprint density at radius 2 is 1.92 bits per heavy atom. The van der Waals surface area contributed by atoms with Crippen LogP contribution in [-0.4, -0.2) is 49.7 Å². The van der Waals surface area contributed by atoms with Gasteiger partial charge in [-0.25, -0.2) is 0 Å². The van der Waals surface area contributed by atoms with Gasteiger partial charge in [-0.2, -0.15) is 5.10 Å². The number of aromatic nitrogens is 3. The highest BCUT2D eigenvalue weighted by Crippen LogP contribution is 2.25. The predicted molar refractivity (Wildman–Crippen MR) is 137 cm³/mol. The zero-order chi connectivity index (χ0) is 25.1. The molecule has 0 fully saturated rings. The molecule has 2 amide bonds. The minimum Gasteiger partial charge on any atom is -0.394 e. The first-order chi connectivity index (χ1) is 17.5. The molecule has 2 aromatic carbocycles. The third kappa shape index (κ3) is 4.77. The maximum Gasteiger partial charge on any atom is 0.272 e. The first-order valence-electron chi connectivity index (χ1n) is 12.4. The van der Waals surface area contributed by atoms with Crippen molar-refractivity contribution >= 4 is 22.7 Å². The van der Waals surface area contributed by atoms with Crippen LogP contribution in [0.15, 0.2) is 60.8 Å². The lowest BCUT2D eigenvalue weighted by molar-refractivity contribution is -0.132. The largest absolute Gasteiger partial charge is 0.394 e. The van der Waals surface area contributed by atoms with E-state index >= 15 is 0 Å². The summed E-state index contributed by atoms with van der Waals surface area (Å²) in [6.07, 6.45) is 3.62. The summed E-state index contributed by atoms with van der Waals surface area (Å²) in [4.78, 5) is 31.5. The molecule has 4 aromatic rings. The number of rotatable bonds is 8. The number of H-pyrrole nitrogens is 1. The summed E-state index contributed by atoms with van der Waals surface area (Å²) in [6, 6.07) is 17.7. The van der Waals surface area contributed by atoms with Gasteiger partial charge < -0.3 is 20.3 Å². The lowest BCUT2D eigenvalue weighted by atomic mass is 10.0. The number of nitrogens with one attached hydrogen (secondary N) is 2. The second-order valence-corrected chi connectivity index (χ2v) is 9.25. The fourth-order valence-corrected chi connectivity index (χ4v) is 4.99. The molecule has 0 spiro atoms. The van der Waals surface area contributed by atoms with Crippen LogP contribution < -0.4 is 5.32 Å². The van der Waals surface area contributed by atoms with Crippen LogP contribution in [0.2, 0.25) is 0 Å². The van der Waals surface area contributed by atoms with Crippen molar-refractivity contribution in [1.29, 1.82) is 0 Å². The van der Waals surface area contributed by atoms with Crippen LogP contribution in [0, 0.1) is 0 Å². The molecule has 3 N–H and O–H groups in total. The molecule has 186 valence electrons. The second-order valence-electron chi connectivity index (χ2n) is 9.25. The van der Waals surface area contributed by atoms with E-state index in [0.717, 1.165) is 33.3 Å². The summed E-state index contributed by atoms with van der Waals surface area (Å²) >= 11 is 0. The van der Waals surface area contributed by atoms with Crippen molar-refractivity contribution < 1.29 is 14.7 Å². The fraction of sp³-hybridized carbons (Fsp3) is 0.321. The number of aromatic amines is 1. The van der Waals surface area contributed by atoms with Crippen LogP contribution in [-0.2, 0) is 30.7 Å². The highest BCUT2D eigenvalue weighted by molar-refractivity contribution is 5.94. The van der Waals surface area contributed by atoms with Crippen LogP contribution >= 0.6 is 0 Å². The molecule has 8 heteroatoms. The molecule has 0 saturated carbocycles. The third-order valence-electron chi connectivity index (χ3n) is 6.94. The fourth-order valence-electron chi connectivity index (χ4n) is 4.99. The van der Waals surface area contributed by atoms with Gasteiger partial charge in [0.25, 0.3) is 5.91 Å². The Morgan fingerprint density at radius 3 is 2.72 bits per heavy atom. The monoisotopic (exact) mass is 485 g/mol. The Kier molecular flexibility index (Phi) is 6.86. The van der Waals surface area contributed by atoms with E-state index in [9.17, 15) is 14.7 Å². The summed E-state index contributed by atoms with van der Waals surface area (Å²) in [5.74, 6) is -0.211. The zero-order valence-electron chi connectivity index (χ0n) is 20.4. The summed E-state index contributed by atoms with van der Waals surface area (Å²) in [5, 5.41) is 18.2. The van der Waals surface area contributed by atoms with E-state index < -0.39 is 0 Å². The van der Waals surface area contributed by atoms with E-state index in [1.54, 1.807) is 4.68 Å². The highest BCUT2D eigenvalue weighted by atomic mass is 16.3. The summed E-state index contributed by atoms with van der Waals surface area (Å²) < 4.78 is 1.71. The minimum atomic E-state index is -0.271. The van der Waals surface area contributed by atoms with Gasteiger partial charge in [-0.05, 0) is 30.5 Å². The molecule has 0 saturated heterocycles. The van der Waals surface area contributed by atoms with E-state index in [1.807, 2.05) is 66.6 Å². The molecule has 0 radical (unpaired) electrons. The van der Waals surface area contributed by atoms with Crippen molar-refractivity contribution in [1.82, 2.24) is 25.0 Å².